The number of benzene rings is 1. The highest BCUT2D eigenvalue weighted by atomic mass is 19.4. The van der Waals surface area contributed by atoms with Gasteiger partial charge in [-0.2, -0.15) is 5.10 Å². The van der Waals surface area contributed by atoms with Crippen LogP contribution in [0.1, 0.15) is 12.8 Å². The van der Waals surface area contributed by atoms with Gasteiger partial charge in [-0.25, -0.2) is 9.97 Å². The zero-order chi connectivity index (χ0) is 30.8. The van der Waals surface area contributed by atoms with E-state index in [2.05, 4.69) is 42.6 Å². The number of fused-ring (bicyclic) bond motifs is 2. The van der Waals surface area contributed by atoms with Crippen LogP contribution in [-0.2, 0) is 25.5 Å². The van der Waals surface area contributed by atoms with Gasteiger partial charge < -0.3 is 29.6 Å². The van der Waals surface area contributed by atoms with Gasteiger partial charge in [0.25, 0.3) is 0 Å². The van der Waals surface area contributed by atoms with Crippen molar-refractivity contribution < 1.29 is 36.9 Å². The summed E-state index contributed by atoms with van der Waals surface area (Å²) in [6, 6.07) is 7.07. The van der Waals surface area contributed by atoms with E-state index in [1.54, 1.807) is 16.9 Å². The molecular weight excluding hydrogens is 581 g/mol. The number of allylic oxidation sites excluding steroid dienone is 2. The smallest absolute Gasteiger partial charge is 0.406 e. The van der Waals surface area contributed by atoms with Gasteiger partial charge in [0.1, 0.15) is 17.9 Å². The molecule has 2 heterocycles. The van der Waals surface area contributed by atoms with Gasteiger partial charge in [0.2, 0.25) is 5.91 Å². The Bertz CT molecular complexity index is 1380. The Kier molecular flexibility index (Phi) is 10.8. The standard InChI is InChI=1S/C30H35F3N6O5/c31-30(32,33)44-25-5-3-24(4-6-25)38-28-17-27(35-20-36-28)23-18-37-39(19-23)8-10-42-12-14-43-13-11-41-9-7-34-29(40)26-16-21-1-2-22(26)15-21/h1-6,17-22,26H,7-16H2,(H,34,40)(H,35,36,38). The third-order valence-electron chi connectivity index (χ3n) is 7.33. The number of amides is 1. The molecule has 0 spiro atoms. The monoisotopic (exact) mass is 616 g/mol. The minimum atomic E-state index is -4.74. The Morgan fingerprint density at radius 2 is 1.70 bits per heavy atom. The molecule has 1 fully saturated rings. The van der Waals surface area contributed by atoms with E-state index in [1.807, 2.05) is 6.20 Å². The van der Waals surface area contributed by atoms with E-state index in [9.17, 15) is 18.0 Å². The molecular formula is C30H35F3N6O5. The summed E-state index contributed by atoms with van der Waals surface area (Å²) < 4.78 is 59.4. The van der Waals surface area contributed by atoms with Gasteiger partial charge in [-0.3, -0.25) is 9.48 Å². The first-order valence-corrected chi connectivity index (χ1v) is 14.5. The van der Waals surface area contributed by atoms with E-state index in [4.69, 9.17) is 14.2 Å². The minimum absolute atomic E-state index is 0.118. The Morgan fingerprint density at radius 3 is 2.41 bits per heavy atom. The number of nitrogens with one attached hydrogen (secondary N) is 2. The molecule has 1 amide bonds. The molecule has 11 nitrogen and oxygen atoms in total. The van der Waals surface area contributed by atoms with Crippen molar-refractivity contribution in [2.75, 3.05) is 51.5 Å². The zero-order valence-electron chi connectivity index (χ0n) is 24.0. The third-order valence-corrected chi connectivity index (χ3v) is 7.33. The number of halogens is 3. The van der Waals surface area contributed by atoms with E-state index in [1.165, 1.54) is 30.6 Å². The molecule has 2 bridgehead atoms. The van der Waals surface area contributed by atoms with Crippen LogP contribution < -0.4 is 15.4 Å². The first-order chi connectivity index (χ1) is 21.3. The molecule has 14 heteroatoms. The number of nitrogens with zero attached hydrogens (tertiary/aromatic N) is 4. The maximum atomic E-state index is 12.4. The summed E-state index contributed by atoms with van der Waals surface area (Å²) in [4.78, 5) is 20.7. The fraction of sp³-hybridized carbons (Fsp3) is 0.467. The molecule has 1 aromatic carbocycles. The molecule has 44 heavy (non-hydrogen) atoms. The van der Waals surface area contributed by atoms with Crippen molar-refractivity contribution in [1.82, 2.24) is 25.1 Å². The van der Waals surface area contributed by atoms with Crippen LogP contribution in [0.4, 0.5) is 24.7 Å². The highest BCUT2D eigenvalue weighted by Gasteiger charge is 2.39. The van der Waals surface area contributed by atoms with E-state index < -0.39 is 6.36 Å². The number of carbonyl (C=O) groups excluding carboxylic acids is 1. The number of hydrogen-bond acceptors (Lipinski definition) is 9. The first-order valence-electron chi connectivity index (χ1n) is 14.5. The summed E-state index contributed by atoms with van der Waals surface area (Å²) in [5.41, 5.74) is 1.94. The number of aromatic nitrogens is 4. The minimum Gasteiger partial charge on any atom is -0.406 e. The van der Waals surface area contributed by atoms with Crippen molar-refractivity contribution in [1.29, 1.82) is 0 Å². The maximum absolute atomic E-state index is 12.4. The molecule has 1 saturated carbocycles. The molecule has 0 aliphatic heterocycles. The lowest BCUT2D eigenvalue weighted by Gasteiger charge is -2.17. The molecule has 0 saturated heterocycles. The lowest BCUT2D eigenvalue weighted by atomic mass is 9.93. The normalized spacial score (nSPS) is 18.9. The first kappa shape index (κ1) is 31.4. The number of alkyl halides is 3. The van der Waals surface area contributed by atoms with Crippen LogP contribution in [-0.4, -0.2) is 78.2 Å². The Hall–Kier alpha value is -4.01. The summed E-state index contributed by atoms with van der Waals surface area (Å²) in [6.07, 6.45) is 6.65. The van der Waals surface area contributed by atoms with Crippen LogP contribution in [0, 0.1) is 17.8 Å². The fourth-order valence-electron chi connectivity index (χ4n) is 5.25. The molecule has 2 aromatic heterocycles. The molecule has 3 aromatic rings. The average Bonchev–Trinajstić information content (AvgIpc) is 3.76. The lowest BCUT2D eigenvalue weighted by molar-refractivity contribution is -0.274. The largest absolute Gasteiger partial charge is 0.573 e. The summed E-state index contributed by atoms with van der Waals surface area (Å²) in [5, 5.41) is 10.3. The molecule has 0 radical (unpaired) electrons. The number of anilines is 2. The second-order valence-electron chi connectivity index (χ2n) is 10.5. The van der Waals surface area contributed by atoms with Gasteiger partial charge in [-0.15, -0.1) is 13.2 Å². The van der Waals surface area contributed by atoms with Gasteiger partial charge >= 0.3 is 6.36 Å². The van der Waals surface area contributed by atoms with E-state index in [-0.39, 0.29) is 17.6 Å². The lowest BCUT2D eigenvalue weighted by Crippen LogP contribution is -2.35. The Balaban J connectivity index is 0.907. The predicted molar refractivity (Wildman–Crippen MR) is 154 cm³/mol. The van der Waals surface area contributed by atoms with Crippen LogP contribution in [0.25, 0.3) is 11.3 Å². The number of carbonyl (C=O) groups is 1. The quantitative estimate of drug-likeness (QED) is 0.168. The van der Waals surface area contributed by atoms with E-state index >= 15 is 0 Å². The third kappa shape index (κ3) is 9.49. The zero-order valence-corrected chi connectivity index (χ0v) is 24.0. The molecule has 2 N–H and O–H groups in total. The SMILES string of the molecule is O=C(NCCOCCOCCOCCn1cc(-c2cc(Nc3ccc(OC(F)(F)F)cc3)ncn2)cn1)C1CC2C=CC1C2. The van der Waals surface area contributed by atoms with Crippen LogP contribution in [0.15, 0.2) is 61.2 Å². The predicted octanol–water partition coefficient (Wildman–Crippen LogP) is 4.36. The van der Waals surface area contributed by atoms with Crippen LogP contribution in [0.5, 0.6) is 5.75 Å². The fourth-order valence-corrected chi connectivity index (χ4v) is 5.25. The molecule has 2 aliphatic carbocycles. The van der Waals surface area contributed by atoms with Gasteiger partial charge in [-0.05, 0) is 48.9 Å². The Labute approximate surface area is 252 Å². The highest BCUT2D eigenvalue weighted by Crippen LogP contribution is 2.43. The van der Waals surface area contributed by atoms with Crippen molar-refractivity contribution in [2.45, 2.75) is 25.7 Å². The average molecular weight is 617 g/mol. The number of rotatable bonds is 17. The van der Waals surface area contributed by atoms with Crippen molar-refractivity contribution in [3.05, 3.63) is 61.2 Å². The second-order valence-corrected chi connectivity index (χ2v) is 10.5. The van der Waals surface area contributed by atoms with Crippen LogP contribution >= 0.6 is 0 Å². The van der Waals surface area contributed by atoms with Crippen molar-refractivity contribution in [3.8, 4) is 17.0 Å². The Morgan fingerprint density at radius 1 is 0.955 bits per heavy atom. The summed E-state index contributed by atoms with van der Waals surface area (Å²) in [5.74, 6) is 1.40. The van der Waals surface area contributed by atoms with Gasteiger partial charge in [0.05, 0.1) is 58.1 Å². The van der Waals surface area contributed by atoms with Gasteiger partial charge in [-0.1, -0.05) is 12.2 Å². The van der Waals surface area contributed by atoms with Gasteiger partial charge in [0.15, 0.2) is 0 Å². The van der Waals surface area contributed by atoms with Crippen molar-refractivity contribution >= 4 is 17.4 Å². The maximum Gasteiger partial charge on any atom is 0.573 e. The summed E-state index contributed by atoms with van der Waals surface area (Å²) in [6.45, 7) is 3.73. The number of hydrogen-bond donors (Lipinski definition) is 2. The topological polar surface area (TPSA) is 122 Å². The number of ether oxygens (including phenoxy) is 4. The van der Waals surface area contributed by atoms with Gasteiger partial charge in [0, 0.05) is 36.0 Å². The van der Waals surface area contributed by atoms with E-state index in [0.717, 1.165) is 18.4 Å². The summed E-state index contributed by atoms with van der Waals surface area (Å²) in [7, 11) is 0. The molecule has 2 aliphatic rings. The molecule has 236 valence electrons. The second kappa shape index (κ2) is 15.1. The van der Waals surface area contributed by atoms with Crippen molar-refractivity contribution in [3.63, 3.8) is 0 Å². The summed E-state index contributed by atoms with van der Waals surface area (Å²) >= 11 is 0. The molecule has 5 rings (SSSR count). The van der Waals surface area contributed by atoms with Crippen molar-refractivity contribution in [2.24, 2.45) is 17.8 Å². The van der Waals surface area contributed by atoms with Crippen LogP contribution in [0.2, 0.25) is 0 Å². The highest BCUT2D eigenvalue weighted by molar-refractivity contribution is 5.80. The van der Waals surface area contributed by atoms with Crippen LogP contribution in [0.3, 0.4) is 0 Å². The molecule has 3 atom stereocenters. The van der Waals surface area contributed by atoms with E-state index in [0.29, 0.717) is 81.8 Å². The molecule has 3 unspecified atom stereocenters.